The van der Waals surface area contributed by atoms with Gasteiger partial charge in [-0.25, -0.2) is 0 Å². The summed E-state index contributed by atoms with van der Waals surface area (Å²) in [5, 5.41) is 10.0. The van der Waals surface area contributed by atoms with Crippen molar-refractivity contribution in [2.24, 2.45) is 5.41 Å². The molecule has 1 nitrogen and oxygen atoms in total. The summed E-state index contributed by atoms with van der Waals surface area (Å²) in [5.74, 6) is 5.22. The van der Waals surface area contributed by atoms with Crippen molar-refractivity contribution in [2.75, 3.05) is 0 Å². The number of alkyl halides is 3. The highest BCUT2D eigenvalue weighted by atomic mass is 19.4. The lowest BCUT2D eigenvalue weighted by Crippen LogP contribution is -2.29. The molecule has 4 heteroatoms. The highest BCUT2D eigenvalue weighted by Gasteiger charge is 2.40. The van der Waals surface area contributed by atoms with Gasteiger partial charge in [0.2, 0.25) is 0 Å². The maximum absolute atomic E-state index is 13.2. The largest absolute Gasteiger partial charge is 0.416 e. The number of halogens is 3. The molecule has 22 heavy (non-hydrogen) atoms. The third-order valence-electron chi connectivity index (χ3n) is 3.02. The summed E-state index contributed by atoms with van der Waals surface area (Å²) in [4.78, 5) is 0. The minimum absolute atomic E-state index is 0.0200. The van der Waals surface area contributed by atoms with E-state index in [4.69, 9.17) is 0 Å². The molecular weight excluding hydrogens is 289 g/mol. The normalized spacial score (nSPS) is 14.7. The third kappa shape index (κ3) is 5.95. The van der Waals surface area contributed by atoms with Gasteiger partial charge in [0.1, 0.15) is 0 Å². The molecule has 0 saturated carbocycles. The van der Waals surface area contributed by atoms with Crippen molar-refractivity contribution in [3.8, 4) is 11.8 Å². The van der Waals surface area contributed by atoms with Gasteiger partial charge in [-0.2, -0.15) is 13.2 Å². The van der Waals surface area contributed by atoms with Crippen LogP contribution in [0.1, 0.15) is 39.7 Å². The number of allylic oxidation sites excluding steroid dienone is 1. The number of benzene rings is 1. The van der Waals surface area contributed by atoms with E-state index >= 15 is 0 Å². The SMILES string of the molecule is C/C(C#Cc1ccccc1)=C(\C(O)CC(C)(C)C)C(F)(F)F. The molecule has 0 aliphatic heterocycles. The second kappa shape index (κ2) is 7.02. The molecule has 0 amide bonds. The van der Waals surface area contributed by atoms with Crippen LogP contribution in [0.25, 0.3) is 0 Å². The molecule has 0 saturated heterocycles. The average Bonchev–Trinajstić information content (AvgIpc) is 2.33. The molecular formula is C18H21F3O. The molecule has 0 aliphatic rings. The lowest BCUT2D eigenvalue weighted by atomic mass is 9.85. The molecule has 0 spiro atoms. The number of aliphatic hydroxyl groups is 1. The molecule has 1 rings (SSSR count). The van der Waals surface area contributed by atoms with E-state index < -0.39 is 23.3 Å². The minimum Gasteiger partial charge on any atom is -0.388 e. The first-order valence-corrected chi connectivity index (χ1v) is 7.04. The van der Waals surface area contributed by atoms with E-state index in [1.165, 1.54) is 6.92 Å². The molecule has 0 heterocycles. The van der Waals surface area contributed by atoms with Crippen molar-refractivity contribution in [2.45, 2.75) is 46.4 Å². The topological polar surface area (TPSA) is 20.2 Å². The molecule has 0 aliphatic carbocycles. The fourth-order valence-electron chi connectivity index (χ4n) is 2.09. The number of hydrogen-bond donors (Lipinski definition) is 1. The second-order valence-corrected chi connectivity index (χ2v) is 6.43. The fourth-order valence-corrected chi connectivity index (χ4v) is 2.09. The Kier molecular flexibility index (Phi) is 5.85. The summed E-state index contributed by atoms with van der Waals surface area (Å²) >= 11 is 0. The Morgan fingerprint density at radius 2 is 1.68 bits per heavy atom. The van der Waals surface area contributed by atoms with Gasteiger partial charge in [-0.3, -0.25) is 0 Å². The molecule has 1 unspecified atom stereocenters. The van der Waals surface area contributed by atoms with Crippen molar-refractivity contribution in [3.63, 3.8) is 0 Å². The second-order valence-electron chi connectivity index (χ2n) is 6.43. The number of aliphatic hydroxyl groups excluding tert-OH is 1. The van der Waals surface area contributed by atoms with E-state index in [2.05, 4.69) is 11.8 Å². The van der Waals surface area contributed by atoms with Crippen molar-refractivity contribution in [1.82, 2.24) is 0 Å². The van der Waals surface area contributed by atoms with Crippen LogP contribution < -0.4 is 0 Å². The highest BCUT2D eigenvalue weighted by molar-refractivity contribution is 5.43. The van der Waals surface area contributed by atoms with Crippen molar-refractivity contribution in [3.05, 3.63) is 47.0 Å². The average molecular weight is 310 g/mol. The Balaban J connectivity index is 3.18. The molecule has 1 aromatic rings. The lowest BCUT2D eigenvalue weighted by Gasteiger charge is -2.26. The third-order valence-corrected chi connectivity index (χ3v) is 3.02. The first kappa shape index (κ1) is 18.3. The smallest absolute Gasteiger partial charge is 0.388 e. The maximum Gasteiger partial charge on any atom is 0.416 e. The van der Waals surface area contributed by atoms with Crippen LogP contribution in [0.3, 0.4) is 0 Å². The molecule has 1 aromatic carbocycles. The predicted molar refractivity (Wildman–Crippen MR) is 82.2 cm³/mol. The first-order chi connectivity index (χ1) is 10.0. The zero-order valence-electron chi connectivity index (χ0n) is 13.3. The van der Waals surface area contributed by atoms with Gasteiger partial charge < -0.3 is 5.11 Å². The molecule has 0 fully saturated rings. The Morgan fingerprint density at radius 3 is 2.14 bits per heavy atom. The number of rotatable bonds is 2. The Labute approximate surface area is 129 Å². The van der Waals surface area contributed by atoms with Gasteiger partial charge in [0, 0.05) is 11.1 Å². The molecule has 120 valence electrons. The maximum atomic E-state index is 13.2. The standard InChI is InChI=1S/C18H21F3O/c1-13(10-11-14-8-6-5-7-9-14)16(18(19,20)21)15(22)12-17(2,3)4/h5-9,15,22H,12H2,1-4H3/b16-13-. The number of hydrogen-bond acceptors (Lipinski definition) is 1. The summed E-state index contributed by atoms with van der Waals surface area (Å²) in [5.41, 5.74) is -0.879. The molecule has 0 aromatic heterocycles. The van der Waals surface area contributed by atoms with Crippen molar-refractivity contribution >= 4 is 0 Å². The molecule has 0 bridgehead atoms. The van der Waals surface area contributed by atoms with Crippen LogP contribution in [0.15, 0.2) is 41.5 Å². The van der Waals surface area contributed by atoms with E-state index in [1.807, 2.05) is 6.07 Å². The van der Waals surface area contributed by atoms with E-state index in [0.717, 1.165) is 0 Å². The minimum atomic E-state index is -4.60. The van der Waals surface area contributed by atoms with Gasteiger partial charge in [-0.15, -0.1) is 0 Å². The molecule has 1 atom stereocenters. The Morgan fingerprint density at radius 1 is 1.14 bits per heavy atom. The van der Waals surface area contributed by atoms with Crippen LogP contribution in [-0.2, 0) is 0 Å². The van der Waals surface area contributed by atoms with Gasteiger partial charge in [0.15, 0.2) is 0 Å². The van der Waals surface area contributed by atoms with E-state index in [-0.39, 0.29) is 12.0 Å². The Bertz CT molecular complexity index is 581. The predicted octanol–water partition coefficient (Wildman–Crippen LogP) is 4.71. The van der Waals surface area contributed by atoms with Gasteiger partial charge in [0.25, 0.3) is 0 Å². The zero-order chi connectivity index (χ0) is 17.0. The van der Waals surface area contributed by atoms with Crippen LogP contribution in [0.4, 0.5) is 13.2 Å². The summed E-state index contributed by atoms with van der Waals surface area (Å²) in [6.07, 6.45) is -6.16. The first-order valence-electron chi connectivity index (χ1n) is 7.04. The van der Waals surface area contributed by atoms with Crippen LogP contribution in [-0.4, -0.2) is 17.4 Å². The van der Waals surface area contributed by atoms with Crippen LogP contribution in [0.2, 0.25) is 0 Å². The fraction of sp³-hybridized carbons (Fsp3) is 0.444. The van der Waals surface area contributed by atoms with E-state index in [1.54, 1.807) is 45.0 Å². The van der Waals surface area contributed by atoms with Gasteiger partial charge >= 0.3 is 6.18 Å². The van der Waals surface area contributed by atoms with Crippen molar-refractivity contribution in [1.29, 1.82) is 0 Å². The summed E-state index contributed by atoms with van der Waals surface area (Å²) in [6, 6.07) is 8.78. The van der Waals surface area contributed by atoms with Gasteiger partial charge in [0.05, 0.1) is 11.7 Å². The van der Waals surface area contributed by atoms with E-state index in [9.17, 15) is 18.3 Å². The van der Waals surface area contributed by atoms with Gasteiger partial charge in [-0.1, -0.05) is 50.8 Å². The zero-order valence-corrected chi connectivity index (χ0v) is 13.3. The Hall–Kier alpha value is -1.73. The van der Waals surface area contributed by atoms with Crippen LogP contribution >= 0.6 is 0 Å². The summed E-state index contributed by atoms with van der Waals surface area (Å²) in [7, 11) is 0. The van der Waals surface area contributed by atoms with E-state index in [0.29, 0.717) is 5.56 Å². The van der Waals surface area contributed by atoms with Crippen molar-refractivity contribution < 1.29 is 18.3 Å². The lowest BCUT2D eigenvalue weighted by molar-refractivity contribution is -0.108. The summed E-state index contributed by atoms with van der Waals surface area (Å²) < 4.78 is 39.7. The highest BCUT2D eigenvalue weighted by Crippen LogP contribution is 2.35. The monoisotopic (exact) mass is 310 g/mol. The van der Waals surface area contributed by atoms with Crippen LogP contribution in [0, 0.1) is 17.3 Å². The summed E-state index contributed by atoms with van der Waals surface area (Å²) in [6.45, 7) is 6.66. The molecule has 1 N–H and O–H groups in total. The van der Waals surface area contributed by atoms with Gasteiger partial charge in [-0.05, 0) is 30.9 Å². The quantitative estimate of drug-likeness (QED) is 0.784. The van der Waals surface area contributed by atoms with Crippen LogP contribution in [0.5, 0.6) is 0 Å². The molecule has 0 radical (unpaired) electrons.